The fraction of sp³-hybridized carbons (Fsp3) is 0.538. The van der Waals surface area contributed by atoms with E-state index in [-0.39, 0.29) is 28.5 Å². The maximum absolute atomic E-state index is 13.6. The zero-order valence-electron chi connectivity index (χ0n) is 11.7. The van der Waals surface area contributed by atoms with Crippen LogP contribution < -0.4 is 10.5 Å². The van der Waals surface area contributed by atoms with Gasteiger partial charge in [0.2, 0.25) is 10.0 Å². The third-order valence-electron chi connectivity index (χ3n) is 3.30. The number of benzene rings is 1. The fourth-order valence-electron chi connectivity index (χ4n) is 1.35. The van der Waals surface area contributed by atoms with E-state index < -0.39 is 15.8 Å². The van der Waals surface area contributed by atoms with Gasteiger partial charge in [0, 0.05) is 12.2 Å². The van der Waals surface area contributed by atoms with Gasteiger partial charge in [-0.1, -0.05) is 27.7 Å². The SMILES string of the molecule is CC(CNS(=O)(=O)c1ccc(N)cc1F)C(C)(C)C. The Morgan fingerprint density at radius 3 is 2.42 bits per heavy atom. The highest BCUT2D eigenvalue weighted by Crippen LogP contribution is 2.25. The van der Waals surface area contributed by atoms with Crippen molar-refractivity contribution >= 4 is 15.7 Å². The van der Waals surface area contributed by atoms with Crippen LogP contribution in [0.25, 0.3) is 0 Å². The van der Waals surface area contributed by atoms with E-state index in [1.807, 2.05) is 27.7 Å². The highest BCUT2D eigenvalue weighted by atomic mass is 32.2. The summed E-state index contributed by atoms with van der Waals surface area (Å²) in [6.45, 7) is 8.28. The van der Waals surface area contributed by atoms with E-state index >= 15 is 0 Å². The van der Waals surface area contributed by atoms with Crippen molar-refractivity contribution in [2.75, 3.05) is 12.3 Å². The molecule has 0 saturated heterocycles. The molecule has 0 fully saturated rings. The average Bonchev–Trinajstić information content (AvgIpc) is 2.24. The molecule has 4 nitrogen and oxygen atoms in total. The normalized spacial score (nSPS) is 14.4. The molecule has 1 aromatic carbocycles. The van der Waals surface area contributed by atoms with Crippen LogP contribution >= 0.6 is 0 Å². The maximum Gasteiger partial charge on any atom is 0.243 e. The zero-order chi connectivity index (χ0) is 14.8. The standard InChI is InChI=1S/C13H21FN2O2S/c1-9(13(2,3)4)8-16-19(17,18)12-6-5-10(15)7-11(12)14/h5-7,9,16H,8,15H2,1-4H3. The molecule has 108 valence electrons. The summed E-state index contributed by atoms with van der Waals surface area (Å²) in [5, 5.41) is 0. The van der Waals surface area contributed by atoms with Gasteiger partial charge in [-0.25, -0.2) is 17.5 Å². The lowest BCUT2D eigenvalue weighted by atomic mass is 9.82. The Balaban J connectivity index is 2.88. The first-order valence-corrected chi connectivity index (χ1v) is 7.57. The summed E-state index contributed by atoms with van der Waals surface area (Å²) < 4.78 is 40.0. The molecule has 0 aliphatic carbocycles. The number of halogens is 1. The quantitative estimate of drug-likeness (QED) is 0.835. The smallest absolute Gasteiger partial charge is 0.243 e. The molecule has 0 heterocycles. The molecule has 0 radical (unpaired) electrons. The first-order valence-electron chi connectivity index (χ1n) is 6.09. The Labute approximate surface area is 114 Å². The van der Waals surface area contributed by atoms with Crippen LogP contribution in [-0.4, -0.2) is 15.0 Å². The summed E-state index contributed by atoms with van der Waals surface area (Å²) in [5.74, 6) is -0.713. The monoisotopic (exact) mass is 288 g/mol. The molecule has 6 heteroatoms. The lowest BCUT2D eigenvalue weighted by Crippen LogP contribution is -2.34. The molecule has 0 aliphatic heterocycles. The fourth-order valence-corrected chi connectivity index (χ4v) is 2.54. The van der Waals surface area contributed by atoms with Crippen molar-refractivity contribution in [3.8, 4) is 0 Å². The Kier molecular flexibility index (Phi) is 4.58. The molecule has 19 heavy (non-hydrogen) atoms. The average molecular weight is 288 g/mol. The lowest BCUT2D eigenvalue weighted by Gasteiger charge is -2.27. The van der Waals surface area contributed by atoms with Crippen molar-refractivity contribution < 1.29 is 12.8 Å². The maximum atomic E-state index is 13.6. The predicted octanol–water partition coefficient (Wildman–Crippen LogP) is 2.37. The molecule has 3 N–H and O–H groups in total. The number of anilines is 1. The second kappa shape index (κ2) is 5.46. The summed E-state index contributed by atoms with van der Waals surface area (Å²) in [4.78, 5) is -0.372. The van der Waals surface area contributed by atoms with Crippen LogP contribution in [0.3, 0.4) is 0 Å². The van der Waals surface area contributed by atoms with Gasteiger partial charge in [-0.2, -0.15) is 0 Å². The number of nitrogens with one attached hydrogen (secondary N) is 1. The van der Waals surface area contributed by atoms with Crippen LogP contribution in [0.5, 0.6) is 0 Å². The Morgan fingerprint density at radius 2 is 1.95 bits per heavy atom. The van der Waals surface area contributed by atoms with Crippen molar-refractivity contribution in [1.29, 1.82) is 0 Å². The first kappa shape index (κ1) is 15.9. The van der Waals surface area contributed by atoms with E-state index in [1.54, 1.807) is 0 Å². The number of hydrogen-bond donors (Lipinski definition) is 2. The first-order chi connectivity index (χ1) is 8.54. The molecule has 1 unspecified atom stereocenters. The van der Waals surface area contributed by atoms with E-state index in [1.165, 1.54) is 12.1 Å². The summed E-state index contributed by atoms with van der Waals surface area (Å²) in [5.41, 5.74) is 5.56. The molecule has 1 rings (SSSR count). The molecule has 0 aliphatic rings. The third kappa shape index (κ3) is 4.18. The predicted molar refractivity (Wildman–Crippen MR) is 74.6 cm³/mol. The minimum atomic E-state index is -3.84. The second-order valence-electron chi connectivity index (χ2n) is 5.81. The van der Waals surface area contributed by atoms with Crippen LogP contribution in [0, 0.1) is 17.2 Å². The van der Waals surface area contributed by atoms with Gasteiger partial charge in [0.1, 0.15) is 10.7 Å². The minimum Gasteiger partial charge on any atom is -0.399 e. The number of hydrogen-bond acceptors (Lipinski definition) is 3. The van der Waals surface area contributed by atoms with E-state index in [0.717, 1.165) is 6.07 Å². The van der Waals surface area contributed by atoms with Crippen molar-refractivity contribution in [2.24, 2.45) is 11.3 Å². The number of sulfonamides is 1. The van der Waals surface area contributed by atoms with Crippen molar-refractivity contribution in [3.63, 3.8) is 0 Å². The van der Waals surface area contributed by atoms with Crippen molar-refractivity contribution in [2.45, 2.75) is 32.6 Å². The summed E-state index contributed by atoms with van der Waals surface area (Å²) in [7, 11) is -3.84. The molecule has 0 aromatic heterocycles. The highest BCUT2D eigenvalue weighted by Gasteiger charge is 2.24. The highest BCUT2D eigenvalue weighted by molar-refractivity contribution is 7.89. The molecule has 1 atom stereocenters. The molecular weight excluding hydrogens is 267 g/mol. The molecule has 0 spiro atoms. The second-order valence-corrected chi connectivity index (χ2v) is 7.54. The number of nitrogen functional groups attached to an aromatic ring is 1. The Morgan fingerprint density at radius 1 is 1.37 bits per heavy atom. The third-order valence-corrected chi connectivity index (χ3v) is 4.76. The van der Waals surface area contributed by atoms with Gasteiger partial charge in [0.25, 0.3) is 0 Å². The van der Waals surface area contributed by atoms with Crippen molar-refractivity contribution in [1.82, 2.24) is 4.72 Å². The summed E-state index contributed by atoms with van der Waals surface area (Å²) in [6, 6.07) is 3.54. The van der Waals surface area contributed by atoms with Crippen molar-refractivity contribution in [3.05, 3.63) is 24.0 Å². The summed E-state index contributed by atoms with van der Waals surface area (Å²) in [6.07, 6.45) is 0. The van der Waals surface area contributed by atoms with Gasteiger partial charge in [-0.05, 0) is 29.5 Å². The van der Waals surface area contributed by atoms with Crippen LogP contribution in [0.15, 0.2) is 23.1 Å². The summed E-state index contributed by atoms with van der Waals surface area (Å²) >= 11 is 0. The van der Waals surface area contributed by atoms with E-state index in [2.05, 4.69) is 4.72 Å². The molecule has 1 aromatic rings. The number of rotatable bonds is 4. The van der Waals surface area contributed by atoms with Gasteiger partial charge in [0.05, 0.1) is 0 Å². The van der Waals surface area contributed by atoms with Crippen LogP contribution in [0.4, 0.5) is 10.1 Å². The molecule has 0 amide bonds. The lowest BCUT2D eigenvalue weighted by molar-refractivity contribution is 0.263. The Bertz CT molecular complexity index is 550. The molecular formula is C13H21FN2O2S. The van der Waals surface area contributed by atoms with Crippen LogP contribution in [0.1, 0.15) is 27.7 Å². The van der Waals surface area contributed by atoms with Gasteiger partial charge >= 0.3 is 0 Å². The van der Waals surface area contributed by atoms with E-state index in [4.69, 9.17) is 5.73 Å². The van der Waals surface area contributed by atoms with Gasteiger partial charge in [-0.3, -0.25) is 0 Å². The van der Waals surface area contributed by atoms with Gasteiger partial charge in [0.15, 0.2) is 0 Å². The molecule has 0 bridgehead atoms. The molecule has 0 saturated carbocycles. The van der Waals surface area contributed by atoms with Gasteiger partial charge in [-0.15, -0.1) is 0 Å². The van der Waals surface area contributed by atoms with E-state index in [0.29, 0.717) is 0 Å². The minimum absolute atomic E-state index is 0.0256. The number of nitrogens with two attached hydrogens (primary N) is 1. The topological polar surface area (TPSA) is 72.2 Å². The Hall–Kier alpha value is -1.14. The van der Waals surface area contributed by atoms with Crippen LogP contribution in [-0.2, 0) is 10.0 Å². The van der Waals surface area contributed by atoms with E-state index in [9.17, 15) is 12.8 Å². The largest absolute Gasteiger partial charge is 0.399 e. The van der Waals surface area contributed by atoms with Gasteiger partial charge < -0.3 is 5.73 Å². The van der Waals surface area contributed by atoms with Crippen LogP contribution in [0.2, 0.25) is 0 Å². The zero-order valence-corrected chi connectivity index (χ0v) is 12.5.